The van der Waals surface area contributed by atoms with E-state index >= 15 is 0 Å². The van der Waals surface area contributed by atoms with Crippen molar-refractivity contribution < 1.29 is 17.9 Å². The molecule has 1 unspecified atom stereocenters. The summed E-state index contributed by atoms with van der Waals surface area (Å²) in [5.74, 6) is 0.900. The third-order valence-electron chi connectivity index (χ3n) is 6.57. The SMILES string of the molecule is CC(C(=O)NCc1ccccc1CN1CCCCC1)N(c1ccc(Oc2ccccc2)cc1)S(C)(=O)=O. The van der Waals surface area contributed by atoms with Gasteiger partial charge in [-0.15, -0.1) is 0 Å². The van der Waals surface area contributed by atoms with E-state index in [9.17, 15) is 13.2 Å². The molecule has 0 bridgehead atoms. The van der Waals surface area contributed by atoms with E-state index < -0.39 is 16.1 Å². The molecule has 1 N–H and O–H groups in total. The normalized spacial score (nSPS) is 15.1. The van der Waals surface area contributed by atoms with Crippen LogP contribution in [0.1, 0.15) is 37.3 Å². The average Bonchev–Trinajstić information content (AvgIpc) is 2.89. The zero-order valence-electron chi connectivity index (χ0n) is 21.5. The molecule has 8 heteroatoms. The Hall–Kier alpha value is -3.36. The van der Waals surface area contributed by atoms with Crippen molar-refractivity contribution in [2.24, 2.45) is 0 Å². The molecule has 37 heavy (non-hydrogen) atoms. The predicted octanol–water partition coefficient (Wildman–Crippen LogP) is 4.94. The first-order valence-electron chi connectivity index (χ1n) is 12.7. The quantitative estimate of drug-likeness (QED) is 0.409. The third-order valence-corrected chi connectivity index (χ3v) is 7.81. The van der Waals surface area contributed by atoms with Gasteiger partial charge in [0.05, 0.1) is 11.9 Å². The number of rotatable bonds is 10. The van der Waals surface area contributed by atoms with Gasteiger partial charge >= 0.3 is 0 Å². The lowest BCUT2D eigenvalue weighted by atomic mass is 10.0. The first-order valence-corrected chi connectivity index (χ1v) is 14.6. The smallest absolute Gasteiger partial charge is 0.243 e. The Morgan fingerprint density at radius 1 is 0.892 bits per heavy atom. The summed E-state index contributed by atoms with van der Waals surface area (Å²) in [5.41, 5.74) is 2.63. The van der Waals surface area contributed by atoms with Gasteiger partial charge in [-0.3, -0.25) is 14.0 Å². The van der Waals surface area contributed by atoms with Crippen LogP contribution in [0.5, 0.6) is 11.5 Å². The minimum Gasteiger partial charge on any atom is -0.457 e. The van der Waals surface area contributed by atoms with Crippen molar-refractivity contribution in [2.45, 2.75) is 45.3 Å². The highest BCUT2D eigenvalue weighted by Crippen LogP contribution is 2.27. The summed E-state index contributed by atoms with van der Waals surface area (Å²) in [6.07, 6.45) is 4.83. The second-order valence-electron chi connectivity index (χ2n) is 9.47. The molecule has 1 heterocycles. The second-order valence-corrected chi connectivity index (χ2v) is 11.3. The van der Waals surface area contributed by atoms with Gasteiger partial charge in [0, 0.05) is 13.1 Å². The number of sulfonamides is 1. The summed E-state index contributed by atoms with van der Waals surface area (Å²) in [6, 6.07) is 23.2. The molecule has 0 aliphatic carbocycles. The molecule has 1 aliphatic rings. The van der Waals surface area contributed by atoms with Crippen molar-refractivity contribution in [1.29, 1.82) is 0 Å². The molecule has 0 saturated carbocycles. The van der Waals surface area contributed by atoms with Crippen LogP contribution in [0, 0.1) is 0 Å². The maximum atomic E-state index is 13.1. The van der Waals surface area contributed by atoms with E-state index in [1.165, 1.54) is 24.8 Å². The Morgan fingerprint density at radius 2 is 1.49 bits per heavy atom. The first kappa shape index (κ1) is 26.7. The van der Waals surface area contributed by atoms with Crippen LogP contribution < -0.4 is 14.4 Å². The van der Waals surface area contributed by atoms with Crippen LogP contribution in [0.3, 0.4) is 0 Å². The summed E-state index contributed by atoms with van der Waals surface area (Å²) in [7, 11) is -3.72. The van der Waals surface area contributed by atoms with E-state index in [-0.39, 0.29) is 5.91 Å². The molecule has 1 saturated heterocycles. The first-order chi connectivity index (χ1) is 17.8. The molecule has 1 atom stereocenters. The van der Waals surface area contributed by atoms with Gasteiger partial charge in [0.15, 0.2) is 0 Å². The molecule has 3 aromatic carbocycles. The fraction of sp³-hybridized carbons (Fsp3) is 0.345. The van der Waals surface area contributed by atoms with E-state index in [1.54, 1.807) is 31.2 Å². The van der Waals surface area contributed by atoms with Gasteiger partial charge in [-0.2, -0.15) is 0 Å². The lowest BCUT2D eigenvalue weighted by Gasteiger charge is -2.29. The number of nitrogens with zero attached hydrogens (tertiary/aromatic N) is 2. The average molecular weight is 522 g/mol. The van der Waals surface area contributed by atoms with Crippen LogP contribution in [0.4, 0.5) is 5.69 Å². The monoisotopic (exact) mass is 521 g/mol. The van der Waals surface area contributed by atoms with Crippen LogP contribution >= 0.6 is 0 Å². The number of hydrogen-bond acceptors (Lipinski definition) is 5. The highest BCUT2D eigenvalue weighted by Gasteiger charge is 2.29. The van der Waals surface area contributed by atoms with Gasteiger partial charge in [0.2, 0.25) is 15.9 Å². The minimum atomic E-state index is -3.72. The molecule has 1 aliphatic heterocycles. The lowest BCUT2D eigenvalue weighted by Crippen LogP contribution is -2.47. The standard InChI is InChI=1S/C29H35N3O4S/c1-23(29(33)30-21-24-11-7-8-12-25(24)22-31-19-9-4-10-20-31)32(37(2,34)35)26-15-17-28(18-16-26)36-27-13-5-3-6-14-27/h3,5-8,11-18,23H,4,9-10,19-22H2,1-2H3,(H,30,33). The molecule has 1 amide bonds. The number of amides is 1. The maximum absolute atomic E-state index is 13.1. The summed E-state index contributed by atoms with van der Waals surface area (Å²) in [6.45, 7) is 4.99. The largest absolute Gasteiger partial charge is 0.457 e. The molecule has 1 fully saturated rings. The lowest BCUT2D eigenvalue weighted by molar-refractivity contribution is -0.122. The van der Waals surface area contributed by atoms with Crippen molar-refractivity contribution in [1.82, 2.24) is 10.2 Å². The molecule has 0 aromatic heterocycles. The van der Waals surface area contributed by atoms with Crippen LogP contribution in [0.2, 0.25) is 0 Å². The van der Waals surface area contributed by atoms with Crippen molar-refractivity contribution in [3.63, 3.8) is 0 Å². The van der Waals surface area contributed by atoms with Gasteiger partial charge in [0.25, 0.3) is 0 Å². The van der Waals surface area contributed by atoms with Crippen LogP contribution in [0.25, 0.3) is 0 Å². The van der Waals surface area contributed by atoms with Crippen LogP contribution in [0.15, 0.2) is 78.9 Å². The van der Waals surface area contributed by atoms with E-state index in [2.05, 4.69) is 16.3 Å². The van der Waals surface area contributed by atoms with Gasteiger partial charge < -0.3 is 10.1 Å². The number of hydrogen-bond donors (Lipinski definition) is 1. The number of ether oxygens (including phenoxy) is 1. The number of piperidine rings is 1. The highest BCUT2D eigenvalue weighted by molar-refractivity contribution is 7.92. The number of benzene rings is 3. The van der Waals surface area contributed by atoms with Gasteiger partial charge in [0.1, 0.15) is 17.5 Å². The van der Waals surface area contributed by atoms with Crippen molar-refractivity contribution in [3.8, 4) is 11.5 Å². The highest BCUT2D eigenvalue weighted by atomic mass is 32.2. The fourth-order valence-corrected chi connectivity index (χ4v) is 5.84. The van der Waals surface area contributed by atoms with Crippen LogP contribution in [-0.4, -0.2) is 44.6 Å². The maximum Gasteiger partial charge on any atom is 0.243 e. The Morgan fingerprint density at radius 3 is 2.14 bits per heavy atom. The zero-order valence-corrected chi connectivity index (χ0v) is 22.3. The molecular weight excluding hydrogens is 486 g/mol. The third kappa shape index (κ3) is 7.33. The minimum absolute atomic E-state index is 0.342. The summed E-state index contributed by atoms with van der Waals surface area (Å²) >= 11 is 0. The Kier molecular flexibility index (Phi) is 8.84. The predicted molar refractivity (Wildman–Crippen MR) is 147 cm³/mol. The molecular formula is C29H35N3O4S. The number of likely N-dealkylation sites (tertiary alicyclic amines) is 1. The van der Waals surface area contributed by atoms with E-state index in [1.807, 2.05) is 48.5 Å². The van der Waals surface area contributed by atoms with Crippen molar-refractivity contribution in [2.75, 3.05) is 23.7 Å². The number of carbonyl (C=O) groups is 1. The van der Waals surface area contributed by atoms with Gasteiger partial charge in [-0.1, -0.05) is 48.9 Å². The fourth-order valence-electron chi connectivity index (χ4n) is 4.67. The number of carbonyl (C=O) groups excluding carboxylic acids is 1. The zero-order chi connectivity index (χ0) is 26.3. The van der Waals surface area contributed by atoms with Crippen LogP contribution in [-0.2, 0) is 27.9 Å². The molecule has 196 valence electrons. The number of anilines is 1. The topological polar surface area (TPSA) is 79.0 Å². The summed E-state index contributed by atoms with van der Waals surface area (Å²) < 4.78 is 32.4. The molecule has 7 nitrogen and oxygen atoms in total. The van der Waals surface area contributed by atoms with E-state index in [0.29, 0.717) is 23.7 Å². The Bertz CT molecular complexity index is 1270. The van der Waals surface area contributed by atoms with Crippen molar-refractivity contribution in [3.05, 3.63) is 90.0 Å². The number of para-hydroxylation sites is 1. The van der Waals surface area contributed by atoms with Gasteiger partial charge in [-0.25, -0.2) is 8.42 Å². The Labute approximate surface area is 220 Å². The van der Waals surface area contributed by atoms with E-state index in [0.717, 1.165) is 35.8 Å². The number of nitrogens with one attached hydrogen (secondary N) is 1. The second kappa shape index (κ2) is 12.3. The molecule has 0 spiro atoms. The molecule has 4 rings (SSSR count). The summed E-state index contributed by atoms with van der Waals surface area (Å²) in [4.78, 5) is 15.6. The van der Waals surface area contributed by atoms with Crippen molar-refractivity contribution >= 4 is 21.6 Å². The van der Waals surface area contributed by atoms with Gasteiger partial charge in [-0.05, 0) is 80.4 Å². The molecule has 0 radical (unpaired) electrons. The molecule has 3 aromatic rings. The van der Waals surface area contributed by atoms with E-state index in [4.69, 9.17) is 4.74 Å². The Balaban J connectivity index is 1.43. The summed E-state index contributed by atoms with van der Waals surface area (Å²) in [5, 5.41) is 2.95.